The fourth-order valence-electron chi connectivity index (χ4n) is 3.60. The number of benzene rings is 1. The van der Waals surface area contributed by atoms with Crippen molar-refractivity contribution in [2.75, 3.05) is 11.4 Å². The smallest absolute Gasteiger partial charge is 0.352 e. The van der Waals surface area contributed by atoms with E-state index in [1.54, 1.807) is 19.9 Å². The Morgan fingerprint density at radius 1 is 1.28 bits per heavy atom. The first-order valence-corrected chi connectivity index (χ1v) is 11.2. The number of nitrogens with one attached hydrogen (secondary N) is 1. The lowest BCUT2D eigenvalue weighted by atomic mass is 10.2. The van der Waals surface area contributed by atoms with Gasteiger partial charge in [0.05, 0.1) is 15.7 Å². The van der Waals surface area contributed by atoms with Crippen molar-refractivity contribution < 1.29 is 26.4 Å². The highest BCUT2D eigenvalue weighted by atomic mass is 32.2. The molecule has 1 aromatic carbocycles. The molecule has 1 saturated heterocycles. The summed E-state index contributed by atoms with van der Waals surface area (Å²) < 4.78 is 66.9. The van der Waals surface area contributed by atoms with Gasteiger partial charge in [0, 0.05) is 18.8 Å². The van der Waals surface area contributed by atoms with E-state index in [2.05, 4.69) is 15.3 Å². The Hall–Kier alpha value is -3.20. The van der Waals surface area contributed by atoms with Crippen molar-refractivity contribution in [1.29, 1.82) is 5.26 Å². The molecule has 1 fully saturated rings. The number of rotatable bonds is 5. The van der Waals surface area contributed by atoms with Crippen LogP contribution in [-0.2, 0) is 20.8 Å². The molecule has 32 heavy (non-hydrogen) atoms. The molecule has 1 N–H and O–H groups in total. The fraction of sp³-hybridized carbons (Fsp3) is 0.400. The molecule has 0 saturated carbocycles. The molecule has 1 aliphatic rings. The van der Waals surface area contributed by atoms with E-state index >= 15 is 0 Å². The Morgan fingerprint density at radius 3 is 2.59 bits per heavy atom. The van der Waals surface area contributed by atoms with E-state index in [9.17, 15) is 26.4 Å². The number of carbonyl (C=O) groups is 1. The van der Waals surface area contributed by atoms with E-state index in [1.807, 2.05) is 0 Å². The number of hydrogen-bond donors (Lipinski definition) is 1. The fourth-order valence-corrected chi connectivity index (χ4v) is 5.51. The van der Waals surface area contributed by atoms with Crippen molar-refractivity contribution >= 4 is 21.6 Å². The molecule has 8 nitrogen and oxygen atoms in total. The van der Waals surface area contributed by atoms with Crippen LogP contribution < -0.4 is 10.2 Å². The van der Waals surface area contributed by atoms with Crippen LogP contribution in [-0.4, -0.2) is 48.2 Å². The normalized spacial score (nSPS) is 19.1. The summed E-state index contributed by atoms with van der Waals surface area (Å²) in [5, 5.41) is 10.5. The van der Waals surface area contributed by atoms with Gasteiger partial charge in [0.2, 0.25) is 11.7 Å². The quantitative estimate of drug-likeness (QED) is 0.717. The molecule has 1 amide bonds. The maximum Gasteiger partial charge on any atom is 0.417 e. The molecule has 0 radical (unpaired) electrons. The molecule has 0 aliphatic carbocycles. The number of anilines is 1. The average Bonchev–Trinajstić information content (AvgIpc) is 3.19. The Bertz CT molecular complexity index is 1160. The van der Waals surface area contributed by atoms with Gasteiger partial charge in [0.15, 0.2) is 9.84 Å². The van der Waals surface area contributed by atoms with Crippen LogP contribution in [0.2, 0.25) is 0 Å². The first kappa shape index (κ1) is 23.5. The van der Waals surface area contributed by atoms with Crippen LogP contribution in [0, 0.1) is 11.3 Å². The lowest BCUT2D eigenvalue weighted by Gasteiger charge is -2.25. The zero-order valence-electron chi connectivity index (χ0n) is 17.2. The number of hydrogen-bond acceptors (Lipinski definition) is 7. The minimum Gasteiger partial charge on any atom is -0.352 e. The summed E-state index contributed by atoms with van der Waals surface area (Å²) in [6.07, 6.45) is -3.80. The van der Waals surface area contributed by atoms with Crippen molar-refractivity contribution in [1.82, 2.24) is 15.3 Å². The number of nitriles is 1. The van der Waals surface area contributed by atoms with Crippen LogP contribution in [0.25, 0.3) is 0 Å². The lowest BCUT2D eigenvalue weighted by Crippen LogP contribution is -2.46. The third-order valence-electron chi connectivity index (χ3n) is 4.97. The van der Waals surface area contributed by atoms with Gasteiger partial charge in [-0.25, -0.2) is 18.4 Å². The number of halogens is 3. The lowest BCUT2D eigenvalue weighted by molar-refractivity contribution is -0.139. The summed E-state index contributed by atoms with van der Waals surface area (Å²) in [7, 11) is -4.45. The van der Waals surface area contributed by atoms with E-state index in [0.29, 0.717) is 6.07 Å². The van der Waals surface area contributed by atoms with Crippen LogP contribution in [0.3, 0.4) is 0 Å². The minimum absolute atomic E-state index is 0.141. The van der Waals surface area contributed by atoms with Crippen LogP contribution in [0.1, 0.15) is 31.7 Å². The third kappa shape index (κ3) is 4.67. The van der Waals surface area contributed by atoms with Crippen molar-refractivity contribution in [3.63, 3.8) is 0 Å². The van der Waals surface area contributed by atoms with Gasteiger partial charge in [0.1, 0.15) is 17.9 Å². The molecule has 12 heteroatoms. The standard InChI is InChI=1S/C20H20F3N5O3S/c1-12(2)26-19(29)15-9-13(11-28(15)18-7-8-25-17(10-24)27-18)32(30,31)16-6-4-3-5-14(16)20(21,22)23/h3-8,12-13,15H,9,11H2,1-2H3,(H,26,29). The van der Waals surface area contributed by atoms with E-state index in [0.717, 1.165) is 12.1 Å². The molecule has 3 rings (SSSR count). The summed E-state index contributed by atoms with van der Waals surface area (Å²) in [4.78, 5) is 21.1. The Balaban J connectivity index is 2.04. The van der Waals surface area contributed by atoms with Crippen LogP contribution >= 0.6 is 0 Å². The van der Waals surface area contributed by atoms with Crippen molar-refractivity contribution in [2.24, 2.45) is 0 Å². The van der Waals surface area contributed by atoms with Gasteiger partial charge in [-0.2, -0.15) is 18.4 Å². The second-order valence-corrected chi connectivity index (χ2v) is 9.77. The van der Waals surface area contributed by atoms with E-state index < -0.39 is 43.7 Å². The van der Waals surface area contributed by atoms with Gasteiger partial charge in [0.25, 0.3) is 0 Å². The zero-order valence-corrected chi connectivity index (χ0v) is 18.0. The number of amides is 1. The van der Waals surface area contributed by atoms with E-state index in [-0.39, 0.29) is 30.6 Å². The van der Waals surface area contributed by atoms with Crippen molar-refractivity contribution in [3.8, 4) is 6.07 Å². The van der Waals surface area contributed by atoms with Crippen LogP contribution in [0.4, 0.5) is 19.0 Å². The third-order valence-corrected chi connectivity index (χ3v) is 7.16. The molecule has 1 aliphatic heterocycles. The maximum atomic E-state index is 13.5. The first-order valence-electron chi connectivity index (χ1n) is 9.65. The van der Waals surface area contributed by atoms with Crippen LogP contribution in [0.15, 0.2) is 41.4 Å². The van der Waals surface area contributed by atoms with Crippen molar-refractivity contribution in [3.05, 3.63) is 47.9 Å². The summed E-state index contributed by atoms with van der Waals surface area (Å²) in [6, 6.07) is 5.90. The molecular formula is C20H20F3N5O3S. The number of carbonyl (C=O) groups excluding carboxylic acids is 1. The molecule has 0 spiro atoms. The van der Waals surface area contributed by atoms with Gasteiger partial charge in [-0.1, -0.05) is 12.1 Å². The second kappa shape index (κ2) is 8.74. The molecular weight excluding hydrogens is 447 g/mol. The van der Waals surface area contributed by atoms with Crippen LogP contribution in [0.5, 0.6) is 0 Å². The minimum atomic E-state index is -4.86. The van der Waals surface area contributed by atoms with Gasteiger partial charge < -0.3 is 10.2 Å². The van der Waals surface area contributed by atoms with Gasteiger partial charge >= 0.3 is 6.18 Å². The van der Waals surface area contributed by atoms with Crippen molar-refractivity contribution in [2.45, 2.75) is 48.7 Å². The molecule has 1 aromatic heterocycles. The predicted molar refractivity (Wildman–Crippen MR) is 108 cm³/mol. The number of nitrogens with zero attached hydrogens (tertiary/aromatic N) is 4. The Morgan fingerprint density at radius 2 is 1.97 bits per heavy atom. The Kier molecular flexibility index (Phi) is 6.41. The Labute approximate surface area is 183 Å². The number of aromatic nitrogens is 2. The van der Waals surface area contributed by atoms with E-state index in [1.165, 1.54) is 23.2 Å². The first-order chi connectivity index (χ1) is 14.9. The molecule has 2 atom stereocenters. The van der Waals surface area contributed by atoms with Gasteiger partial charge in [-0.05, 0) is 38.5 Å². The molecule has 170 valence electrons. The van der Waals surface area contributed by atoms with Gasteiger partial charge in [-0.3, -0.25) is 4.79 Å². The maximum absolute atomic E-state index is 13.5. The molecule has 0 bridgehead atoms. The summed E-state index contributed by atoms with van der Waals surface area (Å²) in [5.74, 6) is -0.527. The van der Waals surface area contributed by atoms with E-state index in [4.69, 9.17) is 5.26 Å². The highest BCUT2D eigenvalue weighted by Gasteiger charge is 2.46. The molecule has 2 heterocycles. The SMILES string of the molecule is CC(C)NC(=O)C1CC(S(=O)(=O)c2ccccc2C(F)(F)F)CN1c1ccnc(C#N)n1. The number of sulfone groups is 1. The zero-order chi connectivity index (χ0) is 23.7. The molecule has 2 unspecified atom stereocenters. The predicted octanol–water partition coefficient (Wildman–Crippen LogP) is 2.31. The molecule has 2 aromatic rings. The highest BCUT2D eigenvalue weighted by Crippen LogP contribution is 2.38. The topological polar surface area (TPSA) is 116 Å². The second-order valence-electron chi connectivity index (χ2n) is 7.58. The monoisotopic (exact) mass is 467 g/mol. The largest absolute Gasteiger partial charge is 0.417 e. The summed E-state index contributed by atoms with van der Waals surface area (Å²) in [5.41, 5.74) is -1.25. The number of alkyl halides is 3. The summed E-state index contributed by atoms with van der Waals surface area (Å²) >= 11 is 0. The average molecular weight is 467 g/mol. The summed E-state index contributed by atoms with van der Waals surface area (Å²) in [6.45, 7) is 3.18. The highest BCUT2D eigenvalue weighted by molar-refractivity contribution is 7.92. The van der Waals surface area contributed by atoms with Gasteiger partial charge in [-0.15, -0.1) is 0 Å².